The van der Waals surface area contributed by atoms with E-state index in [1.165, 1.54) is 6.42 Å². The Kier molecular flexibility index (Phi) is 14.7. The van der Waals surface area contributed by atoms with E-state index in [1.807, 2.05) is 55.5 Å². The standard InChI is InChI=1S/C36H55N3O6S/c1-5-14-30(38-34(42)28(23-26-15-8-6-9-16-26)25-46(44,45)36(2,3)4)35(43)39-31(24-27-17-10-7-11-18-27)33(41)32(40)21-20-29-19-12-13-22-37-29/h6,8-9,12-13,15-16,19,22,27-28,30-33,40-41H,5,7,10-11,14,17-18,20-21,23-25H2,1-4H3,(H,38,42)(H,39,43)/t28-,30?,31+,32+,33-/m1/s1. The number of aliphatic hydroxyl groups is 2. The van der Waals surface area contributed by atoms with Crippen LogP contribution >= 0.6 is 0 Å². The van der Waals surface area contributed by atoms with Crippen LogP contribution in [-0.2, 0) is 32.3 Å². The molecule has 0 saturated heterocycles. The number of pyridine rings is 1. The number of aliphatic hydroxyl groups excluding tert-OH is 2. The second-order valence-electron chi connectivity index (χ2n) is 13.9. The van der Waals surface area contributed by atoms with Crippen molar-refractivity contribution in [1.82, 2.24) is 15.6 Å². The molecule has 1 aromatic carbocycles. The maximum Gasteiger partial charge on any atom is 0.242 e. The molecule has 2 aromatic rings. The van der Waals surface area contributed by atoms with Crippen LogP contribution in [0.15, 0.2) is 54.7 Å². The van der Waals surface area contributed by atoms with Gasteiger partial charge in [0.2, 0.25) is 11.8 Å². The van der Waals surface area contributed by atoms with Crippen LogP contribution in [0.25, 0.3) is 0 Å². The van der Waals surface area contributed by atoms with Crippen LogP contribution in [0.4, 0.5) is 0 Å². The molecule has 46 heavy (non-hydrogen) atoms. The smallest absolute Gasteiger partial charge is 0.242 e. The number of aromatic nitrogens is 1. The minimum atomic E-state index is -3.64. The number of aryl methyl sites for hydroxylation is 1. The van der Waals surface area contributed by atoms with Gasteiger partial charge in [0.15, 0.2) is 9.84 Å². The summed E-state index contributed by atoms with van der Waals surface area (Å²) in [7, 11) is -3.64. The van der Waals surface area contributed by atoms with E-state index >= 15 is 0 Å². The zero-order valence-corrected chi connectivity index (χ0v) is 28.8. The zero-order valence-electron chi connectivity index (χ0n) is 28.0. The highest BCUT2D eigenvalue weighted by molar-refractivity contribution is 7.92. The fourth-order valence-corrected chi connectivity index (χ4v) is 7.42. The lowest BCUT2D eigenvalue weighted by molar-refractivity contribution is -0.132. The van der Waals surface area contributed by atoms with E-state index in [1.54, 1.807) is 27.0 Å². The molecule has 9 nitrogen and oxygen atoms in total. The summed E-state index contributed by atoms with van der Waals surface area (Å²) in [6.07, 6.45) is 7.24. The van der Waals surface area contributed by atoms with Crippen molar-refractivity contribution in [2.45, 2.75) is 127 Å². The van der Waals surface area contributed by atoms with E-state index in [2.05, 4.69) is 15.6 Å². The predicted molar refractivity (Wildman–Crippen MR) is 182 cm³/mol. The quantitative estimate of drug-likeness (QED) is 0.195. The number of hydrogen-bond donors (Lipinski definition) is 4. The average molecular weight is 658 g/mol. The molecule has 0 bridgehead atoms. The summed E-state index contributed by atoms with van der Waals surface area (Å²) in [4.78, 5) is 31.9. The van der Waals surface area contributed by atoms with Crippen LogP contribution in [-0.4, -0.2) is 70.2 Å². The molecule has 0 spiro atoms. The Morgan fingerprint density at radius 1 is 0.935 bits per heavy atom. The fourth-order valence-electron chi connectivity index (χ4n) is 6.12. The summed E-state index contributed by atoms with van der Waals surface area (Å²) in [5.74, 6) is -1.86. The second-order valence-corrected chi connectivity index (χ2v) is 16.7. The van der Waals surface area contributed by atoms with Crippen molar-refractivity contribution in [2.75, 3.05) is 5.75 Å². The largest absolute Gasteiger partial charge is 0.390 e. The Balaban J connectivity index is 1.77. The molecule has 1 saturated carbocycles. The van der Waals surface area contributed by atoms with Gasteiger partial charge in [-0.3, -0.25) is 14.6 Å². The Bertz CT molecular complexity index is 1310. The maximum atomic E-state index is 13.8. The summed E-state index contributed by atoms with van der Waals surface area (Å²) in [5.41, 5.74) is 1.64. The number of carbonyl (C=O) groups excluding carboxylic acids is 2. The van der Waals surface area contributed by atoms with Gasteiger partial charge in [0.25, 0.3) is 0 Å². The molecule has 3 rings (SSSR count). The van der Waals surface area contributed by atoms with Crippen LogP contribution in [0.3, 0.4) is 0 Å². The van der Waals surface area contributed by atoms with E-state index in [0.717, 1.165) is 36.9 Å². The van der Waals surface area contributed by atoms with Crippen LogP contribution in [0.5, 0.6) is 0 Å². The van der Waals surface area contributed by atoms with Gasteiger partial charge in [-0.1, -0.05) is 81.8 Å². The fraction of sp³-hybridized carbons (Fsp3) is 0.639. The lowest BCUT2D eigenvalue weighted by Gasteiger charge is -2.33. The van der Waals surface area contributed by atoms with Crippen molar-refractivity contribution in [3.05, 3.63) is 66.0 Å². The molecule has 4 N–H and O–H groups in total. The van der Waals surface area contributed by atoms with E-state index in [-0.39, 0.29) is 18.6 Å². The number of hydrogen-bond acceptors (Lipinski definition) is 7. The summed E-state index contributed by atoms with van der Waals surface area (Å²) >= 11 is 0. The minimum Gasteiger partial charge on any atom is -0.390 e. The molecule has 1 aromatic heterocycles. The maximum absolute atomic E-state index is 13.8. The van der Waals surface area contributed by atoms with Gasteiger partial charge in [-0.05, 0) is 76.5 Å². The topological polar surface area (TPSA) is 146 Å². The molecule has 1 aliphatic carbocycles. The first kappa shape index (κ1) is 37.6. The molecule has 0 aliphatic heterocycles. The van der Waals surface area contributed by atoms with Crippen molar-refractivity contribution in [2.24, 2.45) is 11.8 Å². The number of benzene rings is 1. The van der Waals surface area contributed by atoms with Gasteiger partial charge in [-0.15, -0.1) is 0 Å². The molecular weight excluding hydrogens is 602 g/mol. The van der Waals surface area contributed by atoms with Gasteiger partial charge in [-0.2, -0.15) is 0 Å². The van der Waals surface area contributed by atoms with Gasteiger partial charge >= 0.3 is 0 Å². The van der Waals surface area contributed by atoms with E-state index in [4.69, 9.17) is 0 Å². The number of carbonyl (C=O) groups is 2. The number of rotatable bonds is 17. The van der Waals surface area contributed by atoms with Gasteiger partial charge in [0.05, 0.1) is 28.6 Å². The first-order valence-corrected chi connectivity index (χ1v) is 18.6. The van der Waals surface area contributed by atoms with Crippen LogP contribution < -0.4 is 10.6 Å². The highest BCUT2D eigenvalue weighted by atomic mass is 32.2. The third kappa shape index (κ3) is 11.8. The van der Waals surface area contributed by atoms with Crippen molar-refractivity contribution in [1.29, 1.82) is 0 Å². The molecule has 1 unspecified atom stereocenters. The summed E-state index contributed by atoms with van der Waals surface area (Å²) in [6.45, 7) is 6.77. The van der Waals surface area contributed by atoms with Gasteiger partial charge in [0, 0.05) is 11.9 Å². The summed E-state index contributed by atoms with van der Waals surface area (Å²) in [5, 5.41) is 28.2. The van der Waals surface area contributed by atoms with Crippen LogP contribution in [0, 0.1) is 11.8 Å². The third-order valence-electron chi connectivity index (χ3n) is 9.13. The van der Waals surface area contributed by atoms with E-state index < -0.39 is 56.6 Å². The van der Waals surface area contributed by atoms with Gasteiger partial charge in [-0.25, -0.2) is 8.42 Å². The molecule has 256 valence electrons. The minimum absolute atomic E-state index is 0.216. The predicted octanol–water partition coefficient (Wildman–Crippen LogP) is 4.55. The SMILES string of the molecule is CCCC(NC(=O)[C@H](Cc1ccccc1)CS(=O)(=O)C(C)(C)C)C(=O)N[C@@H](CC1CCCCC1)[C@@H](O)[C@@H](O)CCc1ccccn1. The van der Waals surface area contributed by atoms with Crippen LogP contribution in [0.1, 0.15) is 96.7 Å². The van der Waals surface area contributed by atoms with Crippen molar-refractivity contribution in [3.8, 4) is 0 Å². The molecule has 1 aliphatic rings. The zero-order chi connectivity index (χ0) is 33.7. The van der Waals surface area contributed by atoms with Crippen molar-refractivity contribution >= 4 is 21.7 Å². The van der Waals surface area contributed by atoms with Crippen LogP contribution in [0.2, 0.25) is 0 Å². The Hall–Kier alpha value is -2.82. The second kappa shape index (κ2) is 17.9. The van der Waals surface area contributed by atoms with Gasteiger partial charge < -0.3 is 20.8 Å². The Morgan fingerprint density at radius 2 is 1.61 bits per heavy atom. The first-order valence-electron chi connectivity index (χ1n) is 16.9. The number of amides is 2. The van der Waals surface area contributed by atoms with E-state index in [0.29, 0.717) is 31.6 Å². The number of sulfone groups is 1. The highest BCUT2D eigenvalue weighted by Crippen LogP contribution is 2.29. The lowest BCUT2D eigenvalue weighted by Crippen LogP contribution is -2.56. The summed E-state index contributed by atoms with van der Waals surface area (Å²) in [6, 6.07) is 13.2. The monoisotopic (exact) mass is 657 g/mol. The highest BCUT2D eigenvalue weighted by Gasteiger charge is 2.37. The van der Waals surface area contributed by atoms with Crippen molar-refractivity contribution in [3.63, 3.8) is 0 Å². The number of nitrogens with one attached hydrogen (secondary N) is 2. The van der Waals surface area contributed by atoms with E-state index in [9.17, 15) is 28.2 Å². The Morgan fingerprint density at radius 3 is 2.22 bits per heavy atom. The third-order valence-corrected chi connectivity index (χ3v) is 11.8. The van der Waals surface area contributed by atoms with Crippen molar-refractivity contribution < 1.29 is 28.2 Å². The molecule has 1 heterocycles. The normalized spacial score (nSPS) is 17.8. The molecule has 5 atom stereocenters. The average Bonchev–Trinajstić information content (AvgIpc) is 3.03. The Labute approximate surface area is 275 Å². The molecule has 1 fully saturated rings. The summed E-state index contributed by atoms with van der Waals surface area (Å²) < 4.78 is 25.4. The molecular formula is C36H55N3O6S. The molecule has 10 heteroatoms. The number of nitrogens with zero attached hydrogens (tertiary/aromatic N) is 1. The lowest BCUT2D eigenvalue weighted by atomic mass is 9.82. The molecule has 0 radical (unpaired) electrons. The van der Waals surface area contributed by atoms with Gasteiger partial charge in [0.1, 0.15) is 12.1 Å². The first-order chi connectivity index (χ1) is 21.8. The molecule has 2 amide bonds.